The number of rotatable bonds is 4. The Hall–Kier alpha value is -2.90. The standard InChI is InChI=1S/C20H26N6O2/c1-12-7-8-15-18(13(12)2)24-17(23-15)9-10-21-20(27)26-11-5-4-6-16(26)19-22-14(3)25-28-19/h7-8,16H,4-6,9-11H2,1-3H3,(H,21,27)(H,23,24). The maximum Gasteiger partial charge on any atom is 0.318 e. The number of amides is 2. The van der Waals surface area contributed by atoms with Gasteiger partial charge >= 0.3 is 6.03 Å². The first-order valence-electron chi connectivity index (χ1n) is 9.82. The van der Waals surface area contributed by atoms with Crippen molar-refractivity contribution in [2.45, 2.75) is 52.5 Å². The summed E-state index contributed by atoms with van der Waals surface area (Å²) in [5, 5.41) is 6.88. The smallest absolute Gasteiger partial charge is 0.318 e. The Labute approximate surface area is 163 Å². The Kier molecular flexibility index (Phi) is 5.02. The van der Waals surface area contributed by atoms with Crippen molar-refractivity contribution in [2.75, 3.05) is 13.1 Å². The summed E-state index contributed by atoms with van der Waals surface area (Å²) in [5.74, 6) is 2.00. The topological polar surface area (TPSA) is 99.9 Å². The zero-order valence-corrected chi connectivity index (χ0v) is 16.6. The third-order valence-electron chi connectivity index (χ3n) is 5.46. The molecule has 8 heteroatoms. The number of benzene rings is 1. The van der Waals surface area contributed by atoms with Gasteiger partial charge in [0.2, 0.25) is 5.89 Å². The third-order valence-corrected chi connectivity index (χ3v) is 5.46. The Balaban J connectivity index is 1.39. The lowest BCUT2D eigenvalue weighted by molar-refractivity contribution is 0.132. The maximum absolute atomic E-state index is 12.7. The van der Waals surface area contributed by atoms with Gasteiger partial charge in [0.15, 0.2) is 5.82 Å². The molecule has 2 aromatic heterocycles. The van der Waals surface area contributed by atoms with Crippen molar-refractivity contribution < 1.29 is 9.32 Å². The monoisotopic (exact) mass is 382 g/mol. The number of nitrogens with one attached hydrogen (secondary N) is 2. The normalized spacial score (nSPS) is 17.2. The van der Waals surface area contributed by atoms with Crippen LogP contribution in [0.5, 0.6) is 0 Å². The molecule has 1 aromatic carbocycles. The van der Waals surface area contributed by atoms with E-state index in [1.54, 1.807) is 6.92 Å². The van der Waals surface area contributed by atoms with Crippen LogP contribution < -0.4 is 5.32 Å². The molecule has 3 heterocycles. The molecule has 1 unspecified atom stereocenters. The van der Waals surface area contributed by atoms with Crippen LogP contribution in [0, 0.1) is 20.8 Å². The molecule has 1 aliphatic rings. The summed E-state index contributed by atoms with van der Waals surface area (Å²) in [5.41, 5.74) is 4.46. The molecule has 2 N–H and O–H groups in total. The van der Waals surface area contributed by atoms with Crippen LogP contribution in [0.3, 0.4) is 0 Å². The molecule has 8 nitrogen and oxygen atoms in total. The van der Waals surface area contributed by atoms with Crippen molar-refractivity contribution in [3.63, 3.8) is 0 Å². The molecule has 1 saturated heterocycles. The van der Waals surface area contributed by atoms with Crippen molar-refractivity contribution in [3.05, 3.63) is 40.8 Å². The number of hydrogen-bond acceptors (Lipinski definition) is 5. The molecule has 2 amide bonds. The summed E-state index contributed by atoms with van der Waals surface area (Å²) >= 11 is 0. The lowest BCUT2D eigenvalue weighted by atomic mass is 10.0. The molecule has 1 atom stereocenters. The number of carbonyl (C=O) groups excluding carboxylic acids is 1. The second kappa shape index (κ2) is 7.61. The average Bonchev–Trinajstić information content (AvgIpc) is 3.31. The highest BCUT2D eigenvalue weighted by Gasteiger charge is 2.31. The van der Waals surface area contributed by atoms with Gasteiger partial charge in [0, 0.05) is 19.5 Å². The van der Waals surface area contributed by atoms with E-state index in [4.69, 9.17) is 9.51 Å². The van der Waals surface area contributed by atoms with E-state index < -0.39 is 0 Å². The molecule has 28 heavy (non-hydrogen) atoms. The summed E-state index contributed by atoms with van der Waals surface area (Å²) in [6, 6.07) is 3.91. The number of imidazole rings is 1. The zero-order valence-electron chi connectivity index (χ0n) is 16.6. The van der Waals surface area contributed by atoms with Crippen LogP contribution in [0.4, 0.5) is 4.79 Å². The molecular weight excluding hydrogens is 356 g/mol. The van der Waals surface area contributed by atoms with Gasteiger partial charge in [-0.25, -0.2) is 9.78 Å². The average molecular weight is 382 g/mol. The van der Waals surface area contributed by atoms with Gasteiger partial charge in [-0.3, -0.25) is 0 Å². The number of likely N-dealkylation sites (tertiary alicyclic amines) is 1. The van der Waals surface area contributed by atoms with Gasteiger partial charge < -0.3 is 19.7 Å². The fourth-order valence-corrected chi connectivity index (χ4v) is 3.75. The van der Waals surface area contributed by atoms with Gasteiger partial charge in [0.1, 0.15) is 11.9 Å². The van der Waals surface area contributed by atoms with Crippen LogP contribution in [0.25, 0.3) is 11.0 Å². The summed E-state index contributed by atoms with van der Waals surface area (Å²) in [6.45, 7) is 7.17. The van der Waals surface area contributed by atoms with E-state index in [1.807, 2.05) is 4.90 Å². The summed E-state index contributed by atoms with van der Waals surface area (Å²) in [7, 11) is 0. The highest BCUT2D eigenvalue weighted by atomic mass is 16.5. The molecule has 0 aliphatic carbocycles. The van der Waals surface area contributed by atoms with Crippen molar-refractivity contribution in [2.24, 2.45) is 0 Å². The summed E-state index contributed by atoms with van der Waals surface area (Å²) in [6.07, 6.45) is 3.53. The largest absolute Gasteiger partial charge is 0.342 e. The van der Waals surface area contributed by atoms with Crippen LogP contribution in [-0.4, -0.2) is 44.1 Å². The number of H-pyrrole nitrogens is 1. The van der Waals surface area contributed by atoms with Crippen LogP contribution in [0.15, 0.2) is 16.7 Å². The molecule has 0 radical (unpaired) electrons. The first-order valence-corrected chi connectivity index (χ1v) is 9.82. The molecule has 0 bridgehead atoms. The lowest BCUT2D eigenvalue weighted by Gasteiger charge is -2.33. The first kappa shape index (κ1) is 18.5. The second-order valence-corrected chi connectivity index (χ2v) is 7.45. The van der Waals surface area contributed by atoms with Crippen LogP contribution in [0.2, 0.25) is 0 Å². The summed E-state index contributed by atoms with van der Waals surface area (Å²) in [4.78, 5) is 26.9. The van der Waals surface area contributed by atoms with Crippen molar-refractivity contribution >= 4 is 17.1 Å². The van der Waals surface area contributed by atoms with Crippen LogP contribution in [-0.2, 0) is 6.42 Å². The van der Waals surface area contributed by atoms with Gasteiger partial charge in [0.05, 0.1) is 11.0 Å². The van der Waals surface area contributed by atoms with Crippen LogP contribution in [0.1, 0.15) is 54.0 Å². The van der Waals surface area contributed by atoms with E-state index >= 15 is 0 Å². The number of aromatic amines is 1. The van der Waals surface area contributed by atoms with E-state index in [1.165, 1.54) is 11.1 Å². The number of aryl methyl sites for hydroxylation is 3. The number of hydrogen-bond donors (Lipinski definition) is 2. The SMILES string of the molecule is Cc1noc(C2CCCCN2C(=O)NCCc2nc3c(C)c(C)ccc3[nH]2)n1. The number of urea groups is 1. The van der Waals surface area contributed by atoms with E-state index in [2.05, 4.69) is 46.4 Å². The number of piperidine rings is 1. The number of carbonyl (C=O) groups is 1. The van der Waals surface area contributed by atoms with Gasteiger partial charge in [-0.2, -0.15) is 4.98 Å². The summed E-state index contributed by atoms with van der Waals surface area (Å²) < 4.78 is 5.31. The van der Waals surface area contributed by atoms with Crippen LogP contribution >= 0.6 is 0 Å². The Morgan fingerprint density at radius 2 is 2.14 bits per heavy atom. The van der Waals surface area contributed by atoms with E-state index in [0.717, 1.165) is 36.1 Å². The van der Waals surface area contributed by atoms with E-state index in [0.29, 0.717) is 31.2 Å². The second-order valence-electron chi connectivity index (χ2n) is 7.45. The molecule has 3 aromatic rings. The zero-order chi connectivity index (χ0) is 19.7. The molecule has 0 spiro atoms. The minimum absolute atomic E-state index is 0.0938. The highest BCUT2D eigenvalue weighted by Crippen LogP contribution is 2.29. The van der Waals surface area contributed by atoms with Gasteiger partial charge in [-0.05, 0) is 57.2 Å². The fraction of sp³-hybridized carbons (Fsp3) is 0.500. The molecular formula is C20H26N6O2. The van der Waals surface area contributed by atoms with Gasteiger partial charge in [0.25, 0.3) is 0 Å². The fourth-order valence-electron chi connectivity index (χ4n) is 3.75. The first-order chi connectivity index (χ1) is 13.5. The van der Waals surface area contributed by atoms with Gasteiger partial charge in [-0.15, -0.1) is 0 Å². The van der Waals surface area contributed by atoms with E-state index in [9.17, 15) is 4.79 Å². The minimum Gasteiger partial charge on any atom is -0.342 e. The Morgan fingerprint density at radius 3 is 2.93 bits per heavy atom. The quantitative estimate of drug-likeness (QED) is 0.721. The van der Waals surface area contributed by atoms with Crippen molar-refractivity contribution in [1.29, 1.82) is 0 Å². The number of fused-ring (bicyclic) bond motifs is 1. The number of aromatic nitrogens is 4. The van der Waals surface area contributed by atoms with Crippen molar-refractivity contribution in [3.8, 4) is 0 Å². The van der Waals surface area contributed by atoms with Gasteiger partial charge in [-0.1, -0.05) is 11.2 Å². The molecule has 4 rings (SSSR count). The van der Waals surface area contributed by atoms with E-state index in [-0.39, 0.29) is 12.1 Å². The third kappa shape index (κ3) is 3.58. The Bertz CT molecular complexity index is 992. The molecule has 148 valence electrons. The lowest BCUT2D eigenvalue weighted by Crippen LogP contribution is -2.45. The molecule has 1 aliphatic heterocycles. The number of nitrogens with zero attached hydrogens (tertiary/aromatic N) is 4. The molecule has 0 saturated carbocycles. The predicted molar refractivity (Wildman–Crippen MR) is 105 cm³/mol. The highest BCUT2D eigenvalue weighted by molar-refractivity contribution is 5.80. The van der Waals surface area contributed by atoms with Crippen molar-refractivity contribution in [1.82, 2.24) is 30.3 Å². The molecule has 1 fully saturated rings. The Morgan fingerprint density at radius 1 is 1.29 bits per heavy atom. The maximum atomic E-state index is 12.7. The minimum atomic E-state index is -0.147. The predicted octanol–water partition coefficient (Wildman–Crippen LogP) is 3.35.